The first-order valence-electron chi connectivity index (χ1n) is 2.83. The molecule has 1 saturated heterocycles. The molecule has 0 aromatic rings. The molecule has 1 aliphatic rings. The van der Waals surface area contributed by atoms with Crippen LogP contribution < -0.4 is 10.6 Å². The Bertz CT molecular complexity index is 82.4. The molecule has 0 spiro atoms. The molecule has 1 heterocycles. The topological polar surface area (TPSA) is 41.1 Å². The summed E-state index contributed by atoms with van der Waals surface area (Å²) in [4.78, 5) is 10.6. The molecule has 0 radical (unpaired) electrons. The minimum Gasteiger partial charge on any atom is -0.304 e. The number of hydrogen-bond acceptors (Lipinski definition) is 3. The van der Waals surface area contributed by atoms with Crippen molar-refractivity contribution in [3.63, 3.8) is 0 Å². The summed E-state index contributed by atoms with van der Waals surface area (Å²) in [7, 11) is 0. The predicted octanol–water partition coefficient (Wildman–Crippen LogP) is -0.904. The van der Waals surface area contributed by atoms with Crippen LogP contribution in [0.2, 0.25) is 0 Å². The van der Waals surface area contributed by atoms with E-state index in [2.05, 4.69) is 10.6 Å². The molecule has 1 fully saturated rings. The van der Waals surface area contributed by atoms with Gasteiger partial charge >= 0.3 is 0 Å². The maximum atomic E-state index is 10.6. The third-order valence-electron chi connectivity index (χ3n) is 1.15. The summed E-state index contributed by atoms with van der Waals surface area (Å²) >= 11 is 0. The number of rotatable bonds is 0. The van der Waals surface area contributed by atoms with E-state index in [1.807, 2.05) is 0 Å². The number of ketones is 1. The number of carbonyl (C=O) groups is 1. The van der Waals surface area contributed by atoms with Crippen molar-refractivity contribution in [2.24, 2.45) is 0 Å². The van der Waals surface area contributed by atoms with E-state index >= 15 is 0 Å². The maximum Gasteiger partial charge on any atom is 0.147 e. The molecule has 0 aromatic heterocycles. The number of hydrogen-bond donors (Lipinski definition) is 2. The molecule has 0 aromatic carbocycles. The molecule has 1 rings (SSSR count). The van der Waals surface area contributed by atoms with Crippen molar-refractivity contribution in [2.75, 3.05) is 19.8 Å². The van der Waals surface area contributed by atoms with E-state index in [-0.39, 0.29) is 0 Å². The van der Waals surface area contributed by atoms with E-state index in [1.54, 1.807) is 0 Å². The third-order valence-corrected chi connectivity index (χ3v) is 1.15. The molecule has 0 amide bonds. The van der Waals surface area contributed by atoms with Gasteiger partial charge in [0, 0.05) is 19.6 Å². The zero-order valence-electron chi connectivity index (χ0n) is 4.74. The zero-order valence-corrected chi connectivity index (χ0v) is 4.74. The van der Waals surface area contributed by atoms with E-state index in [4.69, 9.17) is 0 Å². The van der Waals surface area contributed by atoms with Gasteiger partial charge in [0.2, 0.25) is 0 Å². The first kappa shape index (κ1) is 5.72. The Labute approximate surface area is 48.5 Å². The lowest BCUT2D eigenvalue weighted by molar-refractivity contribution is -0.117. The molecule has 8 heavy (non-hydrogen) atoms. The van der Waals surface area contributed by atoms with Crippen LogP contribution in [0.1, 0.15) is 6.42 Å². The van der Waals surface area contributed by atoms with Crippen LogP contribution in [-0.4, -0.2) is 25.5 Å². The molecule has 2 N–H and O–H groups in total. The summed E-state index contributed by atoms with van der Waals surface area (Å²) in [6.07, 6.45) is 0.674. The lowest BCUT2D eigenvalue weighted by Crippen LogP contribution is -2.27. The summed E-state index contributed by atoms with van der Waals surface area (Å²) in [5.41, 5.74) is 0. The Morgan fingerprint density at radius 1 is 1.38 bits per heavy atom. The summed E-state index contributed by atoms with van der Waals surface area (Å²) in [5.74, 6) is 0.301. The average Bonchev–Trinajstić information content (AvgIpc) is 1.94. The van der Waals surface area contributed by atoms with Gasteiger partial charge in [-0.05, 0) is 0 Å². The van der Waals surface area contributed by atoms with Crippen molar-refractivity contribution in [1.29, 1.82) is 0 Å². The Morgan fingerprint density at radius 3 is 3.12 bits per heavy atom. The second-order valence-electron chi connectivity index (χ2n) is 1.89. The number of Topliss-reactive ketones (excluding diaryl/α,β-unsaturated/α-hetero) is 1. The standard InChI is InChI=1S/C5H10N2O/c8-5-1-2-6-4-7-3-5/h6-7H,1-4H2. The predicted molar refractivity (Wildman–Crippen MR) is 30.5 cm³/mol. The van der Waals surface area contributed by atoms with Gasteiger partial charge in [0.15, 0.2) is 0 Å². The Hall–Kier alpha value is -0.410. The number of nitrogens with one attached hydrogen (secondary N) is 2. The molecule has 0 saturated carbocycles. The van der Waals surface area contributed by atoms with Crippen LogP contribution >= 0.6 is 0 Å². The Kier molecular flexibility index (Phi) is 2.00. The van der Waals surface area contributed by atoms with Crippen LogP contribution in [-0.2, 0) is 4.79 Å². The molecule has 0 unspecified atom stereocenters. The SMILES string of the molecule is O=C1CCNCNC1. The van der Waals surface area contributed by atoms with E-state index < -0.39 is 0 Å². The largest absolute Gasteiger partial charge is 0.304 e. The minimum atomic E-state index is 0.301. The molecule has 0 bridgehead atoms. The molecule has 46 valence electrons. The highest BCUT2D eigenvalue weighted by Crippen LogP contribution is 1.81. The van der Waals surface area contributed by atoms with E-state index in [1.165, 1.54) is 0 Å². The summed E-state index contributed by atoms with van der Waals surface area (Å²) < 4.78 is 0. The van der Waals surface area contributed by atoms with Gasteiger partial charge in [-0.2, -0.15) is 0 Å². The molecule has 3 heteroatoms. The van der Waals surface area contributed by atoms with Crippen LogP contribution in [0, 0.1) is 0 Å². The first-order chi connectivity index (χ1) is 3.89. The molecular formula is C5H10N2O. The monoisotopic (exact) mass is 114 g/mol. The van der Waals surface area contributed by atoms with Crippen molar-refractivity contribution in [3.05, 3.63) is 0 Å². The fourth-order valence-corrected chi connectivity index (χ4v) is 0.695. The van der Waals surface area contributed by atoms with Crippen LogP contribution in [0.4, 0.5) is 0 Å². The minimum absolute atomic E-state index is 0.301. The van der Waals surface area contributed by atoms with Gasteiger partial charge in [-0.15, -0.1) is 0 Å². The van der Waals surface area contributed by atoms with Gasteiger partial charge in [0.05, 0.1) is 6.54 Å². The van der Waals surface area contributed by atoms with Crippen molar-refractivity contribution >= 4 is 5.78 Å². The van der Waals surface area contributed by atoms with E-state index in [9.17, 15) is 4.79 Å². The van der Waals surface area contributed by atoms with Crippen LogP contribution in [0.15, 0.2) is 0 Å². The van der Waals surface area contributed by atoms with Crippen molar-refractivity contribution in [2.45, 2.75) is 6.42 Å². The van der Waals surface area contributed by atoms with Gasteiger partial charge in [-0.1, -0.05) is 0 Å². The summed E-state index contributed by atoms with van der Waals surface area (Å²) in [6, 6.07) is 0. The highest BCUT2D eigenvalue weighted by molar-refractivity contribution is 5.80. The molecular weight excluding hydrogens is 104 g/mol. The second-order valence-corrected chi connectivity index (χ2v) is 1.89. The van der Waals surface area contributed by atoms with Crippen LogP contribution in [0.25, 0.3) is 0 Å². The third kappa shape index (κ3) is 1.60. The fraction of sp³-hybridized carbons (Fsp3) is 0.800. The molecule has 1 aliphatic heterocycles. The molecule has 0 atom stereocenters. The van der Waals surface area contributed by atoms with Gasteiger partial charge in [0.25, 0.3) is 0 Å². The van der Waals surface area contributed by atoms with Crippen LogP contribution in [0.3, 0.4) is 0 Å². The van der Waals surface area contributed by atoms with Crippen molar-refractivity contribution < 1.29 is 4.79 Å². The Morgan fingerprint density at radius 2 is 2.25 bits per heavy atom. The lowest BCUT2D eigenvalue weighted by Gasteiger charge is -1.93. The van der Waals surface area contributed by atoms with Gasteiger partial charge < -0.3 is 5.32 Å². The van der Waals surface area contributed by atoms with Crippen molar-refractivity contribution in [1.82, 2.24) is 10.6 Å². The zero-order chi connectivity index (χ0) is 5.82. The van der Waals surface area contributed by atoms with Crippen molar-refractivity contribution in [3.8, 4) is 0 Å². The maximum absolute atomic E-state index is 10.6. The normalized spacial score (nSPS) is 22.8. The lowest BCUT2D eigenvalue weighted by atomic mass is 10.3. The smallest absolute Gasteiger partial charge is 0.147 e. The van der Waals surface area contributed by atoms with Gasteiger partial charge in [-0.25, -0.2) is 0 Å². The van der Waals surface area contributed by atoms with Gasteiger partial charge in [0.1, 0.15) is 5.78 Å². The fourth-order valence-electron chi connectivity index (χ4n) is 0.695. The van der Waals surface area contributed by atoms with Crippen LogP contribution in [0.5, 0.6) is 0 Å². The summed E-state index contributed by atoms with van der Waals surface area (Å²) in [5, 5.41) is 5.98. The summed E-state index contributed by atoms with van der Waals surface area (Å²) in [6.45, 7) is 2.13. The van der Waals surface area contributed by atoms with Gasteiger partial charge in [-0.3, -0.25) is 10.1 Å². The highest BCUT2D eigenvalue weighted by atomic mass is 16.1. The number of carbonyl (C=O) groups excluding carboxylic acids is 1. The first-order valence-corrected chi connectivity index (χ1v) is 2.83. The van der Waals surface area contributed by atoms with E-state index in [0.29, 0.717) is 18.7 Å². The quantitative estimate of drug-likeness (QED) is 0.428. The average molecular weight is 114 g/mol. The molecule has 0 aliphatic carbocycles. The molecule has 3 nitrogen and oxygen atoms in total. The highest BCUT2D eigenvalue weighted by Gasteiger charge is 2.03. The second kappa shape index (κ2) is 2.79. The van der Waals surface area contributed by atoms with E-state index in [0.717, 1.165) is 13.2 Å². The Balaban J connectivity index is 2.27.